The Bertz CT molecular complexity index is 1300. The highest BCUT2D eigenvalue weighted by molar-refractivity contribution is 6.09. The van der Waals surface area contributed by atoms with Gasteiger partial charge in [-0.05, 0) is 66.2 Å². The summed E-state index contributed by atoms with van der Waals surface area (Å²) in [4.78, 5) is 13.1. The van der Waals surface area contributed by atoms with Gasteiger partial charge in [0.05, 0.1) is 36.6 Å². The third-order valence-corrected chi connectivity index (χ3v) is 6.73. The molecule has 3 aromatic rings. The van der Waals surface area contributed by atoms with E-state index in [9.17, 15) is 10.1 Å². The number of nitro benzene ring substituents is 1. The first-order valence-electron chi connectivity index (χ1n) is 11.8. The summed E-state index contributed by atoms with van der Waals surface area (Å²) in [7, 11) is 5.44. The number of nitrogens with zero attached hydrogens (tertiary/aromatic N) is 4. The van der Waals surface area contributed by atoms with E-state index >= 15 is 0 Å². The molecule has 1 saturated heterocycles. The van der Waals surface area contributed by atoms with Gasteiger partial charge in [0.1, 0.15) is 11.5 Å². The molecular formula is C28H28N4O4. The number of fused-ring (bicyclic) bond motifs is 1. The van der Waals surface area contributed by atoms with Crippen molar-refractivity contribution in [1.29, 1.82) is 0 Å². The predicted octanol–water partition coefficient (Wildman–Crippen LogP) is 5.17. The molecular weight excluding hydrogens is 456 g/mol. The third-order valence-electron chi connectivity index (χ3n) is 6.73. The lowest BCUT2D eigenvalue weighted by atomic mass is 9.83. The molecule has 8 nitrogen and oxygen atoms in total. The monoisotopic (exact) mass is 484 g/mol. The Hall–Kier alpha value is -4.17. The van der Waals surface area contributed by atoms with Crippen LogP contribution < -0.4 is 14.5 Å². The SMILES string of the molecule is COc1ccc(/C=C2\CN(C)CC3C2=NN(c2ccc([N+](=O)[O-])cc2)C3c2ccc(OC)cc2)cc1. The summed E-state index contributed by atoms with van der Waals surface area (Å²) in [5, 5.41) is 18.3. The maximum absolute atomic E-state index is 11.2. The first-order chi connectivity index (χ1) is 17.5. The maximum Gasteiger partial charge on any atom is 0.269 e. The summed E-state index contributed by atoms with van der Waals surface area (Å²) >= 11 is 0. The molecule has 3 aromatic carbocycles. The number of likely N-dealkylation sites (tertiary alicyclic amines) is 1. The Morgan fingerprint density at radius 2 is 1.56 bits per heavy atom. The minimum Gasteiger partial charge on any atom is -0.497 e. The number of rotatable bonds is 6. The second-order valence-corrected chi connectivity index (χ2v) is 9.07. The van der Waals surface area contributed by atoms with Gasteiger partial charge >= 0.3 is 0 Å². The Morgan fingerprint density at radius 3 is 2.14 bits per heavy atom. The molecule has 5 rings (SSSR count). The van der Waals surface area contributed by atoms with Crippen LogP contribution in [0, 0.1) is 16.0 Å². The summed E-state index contributed by atoms with van der Waals surface area (Å²) < 4.78 is 10.7. The average Bonchev–Trinajstić information content (AvgIpc) is 3.28. The van der Waals surface area contributed by atoms with E-state index in [-0.39, 0.29) is 22.6 Å². The average molecular weight is 485 g/mol. The van der Waals surface area contributed by atoms with E-state index in [0.717, 1.165) is 52.7 Å². The first-order valence-corrected chi connectivity index (χ1v) is 11.8. The van der Waals surface area contributed by atoms with Crippen molar-refractivity contribution in [1.82, 2.24) is 4.90 Å². The highest BCUT2D eigenvalue weighted by Gasteiger charge is 2.43. The fourth-order valence-corrected chi connectivity index (χ4v) is 4.97. The second-order valence-electron chi connectivity index (χ2n) is 9.07. The summed E-state index contributed by atoms with van der Waals surface area (Å²) in [5.74, 6) is 1.73. The third kappa shape index (κ3) is 4.55. The fourth-order valence-electron chi connectivity index (χ4n) is 4.97. The van der Waals surface area contributed by atoms with Crippen LogP contribution in [0.3, 0.4) is 0 Å². The molecule has 2 atom stereocenters. The van der Waals surface area contributed by atoms with Gasteiger partial charge < -0.3 is 14.4 Å². The fraction of sp³-hybridized carbons (Fsp3) is 0.250. The van der Waals surface area contributed by atoms with Crippen LogP contribution in [0.15, 0.2) is 83.5 Å². The predicted molar refractivity (Wildman–Crippen MR) is 141 cm³/mol. The van der Waals surface area contributed by atoms with E-state index in [1.807, 2.05) is 41.4 Å². The highest BCUT2D eigenvalue weighted by atomic mass is 16.6. The number of likely N-dealkylation sites (N-methyl/N-ethyl adjacent to an activating group) is 1. The minimum absolute atomic E-state index is 0.0591. The lowest BCUT2D eigenvalue weighted by Gasteiger charge is -2.34. The summed E-state index contributed by atoms with van der Waals surface area (Å²) in [6, 6.07) is 22.6. The van der Waals surface area contributed by atoms with Crippen LogP contribution in [0.4, 0.5) is 11.4 Å². The Balaban J connectivity index is 1.58. The Labute approximate surface area is 210 Å². The zero-order valence-electron chi connectivity index (χ0n) is 20.5. The molecule has 0 amide bonds. The van der Waals surface area contributed by atoms with E-state index in [1.54, 1.807) is 26.4 Å². The molecule has 2 aliphatic rings. The molecule has 8 heteroatoms. The number of methoxy groups -OCH3 is 2. The van der Waals surface area contributed by atoms with Crippen molar-refractivity contribution in [3.63, 3.8) is 0 Å². The molecule has 0 aliphatic carbocycles. The smallest absolute Gasteiger partial charge is 0.269 e. The van der Waals surface area contributed by atoms with Gasteiger partial charge in [0.2, 0.25) is 0 Å². The molecule has 0 spiro atoms. The maximum atomic E-state index is 11.2. The van der Waals surface area contributed by atoms with Crippen molar-refractivity contribution in [3.8, 4) is 11.5 Å². The molecule has 0 radical (unpaired) electrons. The molecule has 2 aliphatic heterocycles. The Kier molecular flexibility index (Phi) is 6.43. The molecule has 2 heterocycles. The van der Waals surface area contributed by atoms with E-state index in [4.69, 9.17) is 14.6 Å². The van der Waals surface area contributed by atoms with Crippen LogP contribution >= 0.6 is 0 Å². The molecule has 184 valence electrons. The van der Waals surface area contributed by atoms with Gasteiger partial charge in [-0.2, -0.15) is 5.10 Å². The second kappa shape index (κ2) is 9.83. The largest absolute Gasteiger partial charge is 0.497 e. The van der Waals surface area contributed by atoms with E-state index in [2.05, 4.69) is 30.2 Å². The number of ether oxygens (including phenoxy) is 2. The van der Waals surface area contributed by atoms with Crippen molar-refractivity contribution in [3.05, 3.63) is 99.6 Å². The van der Waals surface area contributed by atoms with Crippen molar-refractivity contribution in [2.24, 2.45) is 11.0 Å². The van der Waals surface area contributed by atoms with Crippen LogP contribution in [0.1, 0.15) is 17.2 Å². The molecule has 0 bridgehead atoms. The van der Waals surface area contributed by atoms with Gasteiger partial charge in [0, 0.05) is 31.1 Å². The van der Waals surface area contributed by atoms with Crippen molar-refractivity contribution >= 4 is 23.2 Å². The zero-order valence-corrected chi connectivity index (χ0v) is 20.5. The van der Waals surface area contributed by atoms with Gasteiger partial charge in [-0.3, -0.25) is 15.1 Å². The van der Waals surface area contributed by atoms with Gasteiger partial charge in [-0.25, -0.2) is 0 Å². The number of hydrogen-bond acceptors (Lipinski definition) is 7. The van der Waals surface area contributed by atoms with Gasteiger partial charge in [-0.15, -0.1) is 0 Å². The minimum atomic E-state index is -0.384. The van der Waals surface area contributed by atoms with Gasteiger partial charge in [0.25, 0.3) is 5.69 Å². The van der Waals surface area contributed by atoms with Crippen molar-refractivity contribution < 1.29 is 14.4 Å². The number of hydrogen-bond donors (Lipinski definition) is 0. The number of benzene rings is 3. The number of anilines is 1. The highest BCUT2D eigenvalue weighted by Crippen LogP contribution is 2.43. The first kappa shape index (κ1) is 23.6. The normalized spacial score (nSPS) is 20.7. The number of non-ortho nitro benzene ring substituents is 1. The van der Waals surface area contributed by atoms with Crippen LogP contribution in [0.2, 0.25) is 0 Å². The molecule has 1 fully saturated rings. The van der Waals surface area contributed by atoms with Crippen LogP contribution in [-0.2, 0) is 0 Å². The topological polar surface area (TPSA) is 80.4 Å². The standard InChI is InChI=1S/C28H28N4O4/c1-30-17-21(16-19-4-12-24(35-2)13-5-19)27-26(18-30)28(20-6-14-25(36-3)15-7-20)31(29-27)22-8-10-23(11-9-22)32(33)34/h4-16,26,28H,17-18H2,1-3H3/b21-16+. The molecule has 36 heavy (non-hydrogen) atoms. The molecule has 2 unspecified atom stereocenters. The van der Waals surface area contributed by atoms with Crippen LogP contribution in [0.25, 0.3) is 6.08 Å². The molecule has 0 N–H and O–H groups in total. The van der Waals surface area contributed by atoms with E-state index in [0.29, 0.717) is 0 Å². The van der Waals surface area contributed by atoms with Crippen molar-refractivity contribution in [2.75, 3.05) is 39.4 Å². The van der Waals surface area contributed by atoms with E-state index in [1.165, 1.54) is 12.1 Å². The summed E-state index contributed by atoms with van der Waals surface area (Å²) in [5.41, 5.74) is 5.26. The van der Waals surface area contributed by atoms with Crippen LogP contribution in [0.5, 0.6) is 11.5 Å². The lowest BCUT2D eigenvalue weighted by Crippen LogP contribution is -2.41. The Morgan fingerprint density at radius 1 is 0.944 bits per heavy atom. The van der Waals surface area contributed by atoms with Gasteiger partial charge in [0.15, 0.2) is 0 Å². The number of piperidine rings is 1. The van der Waals surface area contributed by atoms with Crippen LogP contribution in [-0.4, -0.2) is 49.9 Å². The van der Waals surface area contributed by atoms with Crippen molar-refractivity contribution in [2.45, 2.75) is 6.04 Å². The molecule has 0 saturated carbocycles. The number of hydrazone groups is 1. The summed E-state index contributed by atoms with van der Waals surface area (Å²) in [6.07, 6.45) is 2.19. The quantitative estimate of drug-likeness (QED) is 0.355. The van der Waals surface area contributed by atoms with Gasteiger partial charge in [-0.1, -0.05) is 24.3 Å². The van der Waals surface area contributed by atoms with E-state index < -0.39 is 0 Å². The zero-order chi connectivity index (χ0) is 25.2. The lowest BCUT2D eigenvalue weighted by molar-refractivity contribution is -0.384. The molecule has 0 aromatic heterocycles. The number of nitro groups is 1. The summed E-state index contributed by atoms with van der Waals surface area (Å²) in [6.45, 7) is 1.63.